The van der Waals surface area contributed by atoms with Crippen LogP contribution in [-0.4, -0.2) is 11.3 Å². The fourth-order valence-corrected chi connectivity index (χ4v) is 2.79. The van der Waals surface area contributed by atoms with Crippen LogP contribution in [0.5, 0.6) is 0 Å². The first-order valence-corrected chi connectivity index (χ1v) is 10.6. The highest BCUT2D eigenvalue weighted by atomic mass is 35.5. The van der Waals surface area contributed by atoms with E-state index in [1.807, 2.05) is 107 Å². The Hall–Kier alpha value is -3.23. The van der Waals surface area contributed by atoms with Gasteiger partial charge >= 0.3 is 0 Å². The predicted molar refractivity (Wildman–Crippen MR) is 144 cm³/mol. The molecular formula is C29H34ClNO. The van der Waals surface area contributed by atoms with Crippen molar-refractivity contribution in [3.8, 4) is 0 Å². The van der Waals surface area contributed by atoms with E-state index in [2.05, 4.69) is 11.6 Å². The van der Waals surface area contributed by atoms with Crippen molar-refractivity contribution < 1.29 is 4.79 Å². The summed E-state index contributed by atoms with van der Waals surface area (Å²) >= 11 is 5.99. The minimum absolute atomic E-state index is 0. The summed E-state index contributed by atoms with van der Waals surface area (Å²) < 4.78 is 0. The van der Waals surface area contributed by atoms with Gasteiger partial charge in [0.1, 0.15) is 6.29 Å². The molecule has 1 aromatic heterocycles. The molecule has 0 aliphatic rings. The van der Waals surface area contributed by atoms with Gasteiger partial charge in [-0.05, 0) is 49.8 Å². The van der Waals surface area contributed by atoms with Crippen LogP contribution >= 0.6 is 11.6 Å². The fourth-order valence-electron chi connectivity index (χ4n) is 2.62. The van der Waals surface area contributed by atoms with Crippen LogP contribution in [0.3, 0.4) is 0 Å². The number of nitrogens with zero attached hydrogens (tertiary/aromatic N) is 1. The normalized spacial score (nSPS) is 10.6. The molecule has 0 spiro atoms. The molecule has 0 N–H and O–H groups in total. The predicted octanol–water partition coefficient (Wildman–Crippen LogP) is 9.23. The smallest absolute Gasteiger partial charge is 0.150 e. The van der Waals surface area contributed by atoms with E-state index in [0.29, 0.717) is 10.6 Å². The van der Waals surface area contributed by atoms with Crippen molar-refractivity contribution in [2.24, 2.45) is 0 Å². The van der Waals surface area contributed by atoms with Crippen LogP contribution in [0.1, 0.15) is 56.7 Å². The zero-order chi connectivity index (χ0) is 23.1. The molecule has 0 atom stereocenters. The van der Waals surface area contributed by atoms with E-state index in [4.69, 9.17) is 11.6 Å². The van der Waals surface area contributed by atoms with Crippen molar-refractivity contribution in [2.75, 3.05) is 0 Å². The summed E-state index contributed by atoms with van der Waals surface area (Å²) in [6.07, 6.45) is 12.5. The van der Waals surface area contributed by atoms with E-state index >= 15 is 0 Å². The molecule has 32 heavy (non-hydrogen) atoms. The lowest BCUT2D eigenvalue weighted by Crippen LogP contribution is -1.84. The van der Waals surface area contributed by atoms with Crippen molar-refractivity contribution >= 4 is 40.9 Å². The summed E-state index contributed by atoms with van der Waals surface area (Å²) in [6.45, 7) is 11.6. The molecule has 3 heteroatoms. The SMILES string of the molecule is C.C=C/C=C(C)/C=C\C.CC.O=Cc1cccc(/C=C/c2ccc3ccc(Cl)cc3n2)c1. The minimum atomic E-state index is 0. The number of halogens is 1. The number of benzene rings is 2. The third kappa shape index (κ3) is 10.2. The van der Waals surface area contributed by atoms with Crippen LogP contribution in [0.15, 0.2) is 91.1 Å². The lowest BCUT2D eigenvalue weighted by molar-refractivity contribution is 0.112. The highest BCUT2D eigenvalue weighted by Crippen LogP contribution is 2.19. The molecule has 2 aromatic carbocycles. The monoisotopic (exact) mass is 447 g/mol. The van der Waals surface area contributed by atoms with E-state index in [9.17, 15) is 4.79 Å². The summed E-state index contributed by atoms with van der Waals surface area (Å²) in [5, 5.41) is 1.73. The molecule has 0 bridgehead atoms. The van der Waals surface area contributed by atoms with Gasteiger partial charge in [-0.1, -0.05) is 106 Å². The Balaban J connectivity index is 0.000000749. The highest BCUT2D eigenvalue weighted by molar-refractivity contribution is 6.31. The van der Waals surface area contributed by atoms with E-state index in [-0.39, 0.29) is 7.43 Å². The summed E-state index contributed by atoms with van der Waals surface area (Å²) in [7, 11) is 0. The van der Waals surface area contributed by atoms with Crippen molar-refractivity contribution in [3.63, 3.8) is 0 Å². The zero-order valence-corrected chi connectivity index (χ0v) is 19.4. The summed E-state index contributed by atoms with van der Waals surface area (Å²) in [5.74, 6) is 0. The number of aldehydes is 1. The van der Waals surface area contributed by atoms with Gasteiger partial charge in [0, 0.05) is 16.0 Å². The van der Waals surface area contributed by atoms with E-state index < -0.39 is 0 Å². The van der Waals surface area contributed by atoms with Crippen LogP contribution in [0.4, 0.5) is 0 Å². The van der Waals surface area contributed by atoms with Gasteiger partial charge in [-0.15, -0.1) is 0 Å². The number of pyridine rings is 1. The van der Waals surface area contributed by atoms with Crippen molar-refractivity contribution in [1.29, 1.82) is 0 Å². The molecule has 0 aliphatic heterocycles. The Morgan fingerprint density at radius 2 is 1.69 bits per heavy atom. The minimum Gasteiger partial charge on any atom is -0.298 e. The first-order chi connectivity index (χ1) is 15.0. The number of aromatic nitrogens is 1. The third-order valence-corrected chi connectivity index (χ3v) is 4.21. The molecule has 3 aromatic rings. The lowest BCUT2D eigenvalue weighted by Gasteiger charge is -2.00. The van der Waals surface area contributed by atoms with E-state index in [1.54, 1.807) is 12.1 Å². The summed E-state index contributed by atoms with van der Waals surface area (Å²) in [4.78, 5) is 15.3. The van der Waals surface area contributed by atoms with Crippen molar-refractivity contribution in [3.05, 3.63) is 113 Å². The van der Waals surface area contributed by atoms with Gasteiger partial charge in [-0.25, -0.2) is 4.98 Å². The number of hydrogen-bond donors (Lipinski definition) is 0. The standard InChI is InChI=1S/C18H12ClNO.C8H12.C2H6.CH4/c19-16-7-5-15-6-9-17(20-18(15)11-16)8-4-13-2-1-3-14(10-13)12-21;1-4-6-8(3)7-5-2;1-2;/h1-12H;4-7H,1H2,2-3H3;1-2H3;1H4/b8-4+;7-5-,8-6+;;. The quantitative estimate of drug-likeness (QED) is 0.288. The topological polar surface area (TPSA) is 30.0 Å². The molecule has 0 radical (unpaired) electrons. The first kappa shape index (κ1) is 28.8. The van der Waals surface area contributed by atoms with Gasteiger partial charge in [0.15, 0.2) is 0 Å². The number of carbonyl (C=O) groups is 1. The molecule has 0 fully saturated rings. The Morgan fingerprint density at radius 1 is 1.00 bits per heavy atom. The van der Waals surface area contributed by atoms with Crippen LogP contribution in [0, 0.1) is 0 Å². The number of allylic oxidation sites excluding steroid dienone is 5. The molecule has 2 nitrogen and oxygen atoms in total. The second-order valence-corrected chi connectivity index (χ2v) is 6.78. The number of carbonyl (C=O) groups excluding carboxylic acids is 1. The average molecular weight is 448 g/mol. The van der Waals surface area contributed by atoms with E-state index in [1.165, 1.54) is 5.57 Å². The second kappa shape index (κ2) is 16.5. The summed E-state index contributed by atoms with van der Waals surface area (Å²) in [6, 6.07) is 17.0. The Bertz CT molecular complexity index is 1080. The number of hydrogen-bond acceptors (Lipinski definition) is 2. The van der Waals surface area contributed by atoms with Crippen molar-refractivity contribution in [1.82, 2.24) is 4.98 Å². The van der Waals surface area contributed by atoms with E-state index in [0.717, 1.165) is 28.4 Å². The van der Waals surface area contributed by atoms with Gasteiger partial charge in [-0.2, -0.15) is 0 Å². The molecule has 3 rings (SSSR count). The maximum absolute atomic E-state index is 10.8. The Morgan fingerprint density at radius 3 is 2.34 bits per heavy atom. The van der Waals surface area contributed by atoms with Crippen LogP contribution in [-0.2, 0) is 0 Å². The van der Waals surface area contributed by atoms with Crippen molar-refractivity contribution in [2.45, 2.75) is 35.1 Å². The first-order valence-electron chi connectivity index (χ1n) is 10.3. The Kier molecular flexibility index (Phi) is 14.8. The summed E-state index contributed by atoms with van der Waals surface area (Å²) in [5.41, 5.74) is 4.58. The maximum Gasteiger partial charge on any atom is 0.150 e. The van der Waals surface area contributed by atoms with Crippen LogP contribution in [0.25, 0.3) is 23.1 Å². The number of fused-ring (bicyclic) bond motifs is 1. The third-order valence-electron chi connectivity index (χ3n) is 3.98. The fraction of sp³-hybridized carbons (Fsp3) is 0.172. The maximum atomic E-state index is 10.8. The van der Waals surface area contributed by atoms with Gasteiger partial charge in [-0.3, -0.25) is 4.79 Å². The van der Waals surface area contributed by atoms with Gasteiger partial charge in [0.2, 0.25) is 0 Å². The van der Waals surface area contributed by atoms with Gasteiger partial charge in [0.25, 0.3) is 0 Å². The van der Waals surface area contributed by atoms with Gasteiger partial charge in [0.05, 0.1) is 11.2 Å². The molecule has 0 saturated carbocycles. The molecule has 0 saturated heterocycles. The van der Waals surface area contributed by atoms with Gasteiger partial charge < -0.3 is 0 Å². The molecule has 0 aliphatic carbocycles. The molecule has 168 valence electrons. The molecular weight excluding hydrogens is 414 g/mol. The largest absolute Gasteiger partial charge is 0.298 e. The molecule has 1 heterocycles. The molecule has 0 unspecified atom stereocenters. The average Bonchev–Trinajstić information content (AvgIpc) is 2.79. The Labute approximate surface area is 198 Å². The van der Waals surface area contributed by atoms with Crippen LogP contribution < -0.4 is 0 Å². The zero-order valence-electron chi connectivity index (χ0n) is 18.7. The second-order valence-electron chi connectivity index (χ2n) is 6.34. The lowest BCUT2D eigenvalue weighted by atomic mass is 10.1. The highest BCUT2D eigenvalue weighted by Gasteiger charge is 1.98. The number of rotatable bonds is 5. The van der Waals surface area contributed by atoms with Crippen LogP contribution in [0.2, 0.25) is 5.02 Å². The molecule has 0 amide bonds.